The molecule has 86 valence electrons. The van der Waals surface area contributed by atoms with E-state index in [4.69, 9.17) is 21.3 Å². The number of hydrogen-bond acceptors (Lipinski definition) is 3. The molecule has 0 saturated carbocycles. The topological polar surface area (TPSA) is 49.0 Å². The fourth-order valence-corrected chi connectivity index (χ4v) is 1.86. The van der Waals surface area contributed by atoms with Gasteiger partial charge in [0.1, 0.15) is 11.8 Å². The van der Waals surface area contributed by atoms with E-state index in [1.165, 1.54) is 0 Å². The molecule has 0 fully saturated rings. The van der Waals surface area contributed by atoms with Crippen molar-refractivity contribution in [1.29, 1.82) is 5.26 Å². The van der Waals surface area contributed by atoms with E-state index in [9.17, 15) is 0 Å². The lowest BCUT2D eigenvalue weighted by atomic mass is 10.2. The van der Waals surface area contributed by atoms with Gasteiger partial charge in [-0.1, -0.05) is 11.6 Å². The monoisotopic (exact) mass is 310 g/mol. The highest BCUT2D eigenvalue weighted by Crippen LogP contribution is 2.21. The second-order valence-corrected chi connectivity index (χ2v) is 4.55. The van der Waals surface area contributed by atoms with Gasteiger partial charge in [-0.3, -0.25) is 0 Å². The predicted octanol–water partition coefficient (Wildman–Crippen LogP) is 4.18. The minimum Gasteiger partial charge on any atom is -0.452 e. The van der Waals surface area contributed by atoms with Crippen molar-refractivity contribution in [3.8, 4) is 6.07 Å². The molecule has 0 radical (unpaired) electrons. The number of anilines is 1. The van der Waals surface area contributed by atoms with Crippen molar-refractivity contribution < 1.29 is 4.42 Å². The van der Waals surface area contributed by atoms with Crippen molar-refractivity contribution in [3.63, 3.8) is 0 Å². The molecule has 1 N–H and O–H groups in total. The fraction of sp³-hybridized carbons (Fsp3) is 0.0833. The average Bonchev–Trinajstić information content (AvgIpc) is 2.74. The van der Waals surface area contributed by atoms with Gasteiger partial charge in [-0.25, -0.2) is 0 Å². The Morgan fingerprint density at radius 2 is 2.18 bits per heavy atom. The van der Waals surface area contributed by atoms with E-state index in [1.54, 1.807) is 12.1 Å². The van der Waals surface area contributed by atoms with Gasteiger partial charge in [-0.05, 0) is 46.3 Å². The zero-order chi connectivity index (χ0) is 12.3. The van der Waals surface area contributed by atoms with Gasteiger partial charge in [0.25, 0.3) is 0 Å². The van der Waals surface area contributed by atoms with Gasteiger partial charge in [0.15, 0.2) is 4.67 Å². The maximum atomic E-state index is 8.84. The van der Waals surface area contributed by atoms with E-state index >= 15 is 0 Å². The van der Waals surface area contributed by atoms with Crippen molar-refractivity contribution in [2.24, 2.45) is 0 Å². The molecule has 0 aliphatic rings. The predicted molar refractivity (Wildman–Crippen MR) is 69.9 cm³/mol. The Kier molecular flexibility index (Phi) is 3.72. The van der Waals surface area contributed by atoms with Crippen molar-refractivity contribution in [2.75, 3.05) is 5.32 Å². The summed E-state index contributed by atoms with van der Waals surface area (Å²) in [6.45, 7) is 0.554. The molecule has 2 rings (SSSR count). The van der Waals surface area contributed by atoms with Crippen LogP contribution in [0.3, 0.4) is 0 Å². The number of halogens is 2. The largest absolute Gasteiger partial charge is 0.452 e. The summed E-state index contributed by atoms with van der Waals surface area (Å²) in [5.41, 5.74) is 1.29. The summed E-state index contributed by atoms with van der Waals surface area (Å²) >= 11 is 9.08. The zero-order valence-electron chi connectivity index (χ0n) is 8.71. The SMILES string of the molecule is N#Cc1cc(NCc2ccc(Br)o2)ccc1Cl. The van der Waals surface area contributed by atoms with Crippen molar-refractivity contribution in [2.45, 2.75) is 6.54 Å². The molecule has 0 atom stereocenters. The van der Waals surface area contributed by atoms with Crippen LogP contribution in [0.4, 0.5) is 5.69 Å². The summed E-state index contributed by atoms with van der Waals surface area (Å²) in [5.74, 6) is 0.810. The van der Waals surface area contributed by atoms with Crippen LogP contribution in [0.25, 0.3) is 0 Å². The van der Waals surface area contributed by atoms with E-state index in [0.717, 1.165) is 11.4 Å². The van der Waals surface area contributed by atoms with Gasteiger partial charge in [-0.2, -0.15) is 5.26 Å². The van der Waals surface area contributed by atoms with Crippen LogP contribution < -0.4 is 5.32 Å². The van der Waals surface area contributed by atoms with Crippen LogP contribution in [0.1, 0.15) is 11.3 Å². The maximum absolute atomic E-state index is 8.84. The molecule has 0 spiro atoms. The lowest BCUT2D eigenvalue weighted by molar-refractivity contribution is 0.495. The number of nitrogens with zero attached hydrogens (tertiary/aromatic N) is 1. The van der Waals surface area contributed by atoms with E-state index in [-0.39, 0.29) is 0 Å². The Morgan fingerprint density at radius 1 is 1.35 bits per heavy atom. The van der Waals surface area contributed by atoms with Crippen molar-refractivity contribution >= 4 is 33.2 Å². The summed E-state index contributed by atoms with van der Waals surface area (Å²) in [5, 5.41) is 12.5. The van der Waals surface area contributed by atoms with Crippen molar-refractivity contribution in [1.82, 2.24) is 0 Å². The number of hydrogen-bond donors (Lipinski definition) is 1. The maximum Gasteiger partial charge on any atom is 0.169 e. The lowest BCUT2D eigenvalue weighted by Crippen LogP contribution is -1.98. The van der Waals surface area contributed by atoms with Gasteiger partial charge in [0.05, 0.1) is 17.1 Å². The van der Waals surface area contributed by atoms with Crippen LogP contribution in [0.15, 0.2) is 39.4 Å². The highest BCUT2D eigenvalue weighted by Gasteiger charge is 2.02. The molecule has 0 bridgehead atoms. The second kappa shape index (κ2) is 5.26. The van der Waals surface area contributed by atoms with Crippen LogP contribution in [0.2, 0.25) is 5.02 Å². The molecule has 1 aromatic carbocycles. The Hall–Kier alpha value is -1.44. The minimum absolute atomic E-state index is 0.456. The molecule has 0 unspecified atom stereocenters. The molecule has 1 heterocycles. The number of benzene rings is 1. The standard InChI is InChI=1S/C12H8BrClN2O/c13-12-4-2-10(17-12)7-16-9-1-3-11(14)8(5-9)6-15/h1-5,16H,7H2. The third-order valence-corrected chi connectivity index (χ3v) is 2.94. The van der Waals surface area contributed by atoms with E-state index in [0.29, 0.717) is 21.8 Å². The van der Waals surface area contributed by atoms with Gasteiger partial charge < -0.3 is 9.73 Å². The number of furan rings is 1. The highest BCUT2D eigenvalue weighted by molar-refractivity contribution is 9.10. The quantitative estimate of drug-likeness (QED) is 0.925. The molecule has 0 aliphatic carbocycles. The second-order valence-electron chi connectivity index (χ2n) is 3.37. The molecule has 0 saturated heterocycles. The van der Waals surface area contributed by atoms with Gasteiger partial charge >= 0.3 is 0 Å². The summed E-state index contributed by atoms with van der Waals surface area (Å²) in [6, 6.07) is 11.0. The highest BCUT2D eigenvalue weighted by atomic mass is 79.9. The summed E-state index contributed by atoms with van der Waals surface area (Å²) in [6.07, 6.45) is 0. The third-order valence-electron chi connectivity index (χ3n) is 2.18. The number of nitrogens with one attached hydrogen (secondary N) is 1. The molecular weight excluding hydrogens is 304 g/mol. The van der Waals surface area contributed by atoms with Gasteiger partial charge in [0.2, 0.25) is 0 Å². The summed E-state index contributed by atoms with van der Waals surface area (Å²) in [4.78, 5) is 0. The van der Waals surface area contributed by atoms with Gasteiger partial charge in [-0.15, -0.1) is 0 Å². The molecule has 17 heavy (non-hydrogen) atoms. The minimum atomic E-state index is 0.456. The fourth-order valence-electron chi connectivity index (χ4n) is 1.36. The summed E-state index contributed by atoms with van der Waals surface area (Å²) in [7, 11) is 0. The first kappa shape index (κ1) is 12.0. The van der Waals surface area contributed by atoms with Crippen LogP contribution in [0, 0.1) is 11.3 Å². The van der Waals surface area contributed by atoms with E-state index in [2.05, 4.69) is 21.2 Å². The smallest absolute Gasteiger partial charge is 0.169 e. The molecule has 1 aromatic heterocycles. The summed E-state index contributed by atoms with van der Waals surface area (Å²) < 4.78 is 6.05. The lowest BCUT2D eigenvalue weighted by Gasteiger charge is -2.05. The average molecular weight is 312 g/mol. The van der Waals surface area contributed by atoms with E-state index in [1.807, 2.05) is 24.3 Å². The first-order chi connectivity index (χ1) is 8.19. The van der Waals surface area contributed by atoms with E-state index < -0.39 is 0 Å². The molecule has 2 aromatic rings. The molecule has 0 amide bonds. The number of nitriles is 1. The first-order valence-electron chi connectivity index (χ1n) is 4.87. The molecule has 3 nitrogen and oxygen atoms in total. The molecule has 5 heteroatoms. The third kappa shape index (κ3) is 3.02. The van der Waals surface area contributed by atoms with Crippen molar-refractivity contribution in [3.05, 3.63) is 51.3 Å². The zero-order valence-corrected chi connectivity index (χ0v) is 11.0. The van der Waals surface area contributed by atoms with Gasteiger partial charge in [0, 0.05) is 5.69 Å². The Morgan fingerprint density at radius 3 is 2.82 bits per heavy atom. The van der Waals surface area contributed by atoms with Crippen LogP contribution >= 0.6 is 27.5 Å². The molecule has 0 aliphatic heterocycles. The van der Waals surface area contributed by atoms with Crippen LogP contribution in [-0.2, 0) is 6.54 Å². The Bertz CT molecular complexity index is 574. The Balaban J connectivity index is 2.07. The van der Waals surface area contributed by atoms with Crippen LogP contribution in [0.5, 0.6) is 0 Å². The molecular formula is C12H8BrClN2O. The first-order valence-corrected chi connectivity index (χ1v) is 6.04. The number of rotatable bonds is 3. The Labute approximate surface area is 112 Å². The normalized spacial score (nSPS) is 9.94. The van der Waals surface area contributed by atoms with Crippen LogP contribution in [-0.4, -0.2) is 0 Å².